The Labute approximate surface area is 97.2 Å². The van der Waals surface area contributed by atoms with Gasteiger partial charge in [-0.1, -0.05) is 0 Å². The van der Waals surface area contributed by atoms with Gasteiger partial charge in [0.2, 0.25) is 5.91 Å². The van der Waals surface area contributed by atoms with Gasteiger partial charge in [0.05, 0.1) is 13.2 Å². The monoisotopic (exact) mass is 229 g/mol. The summed E-state index contributed by atoms with van der Waals surface area (Å²) < 4.78 is 0. The highest BCUT2D eigenvalue weighted by Gasteiger charge is 2.18. The van der Waals surface area contributed by atoms with E-state index in [-0.39, 0.29) is 12.5 Å². The van der Waals surface area contributed by atoms with Crippen molar-refractivity contribution < 1.29 is 9.90 Å². The van der Waals surface area contributed by atoms with E-state index in [4.69, 9.17) is 5.11 Å². The molecule has 0 aliphatic carbocycles. The minimum atomic E-state index is 0.0361. The van der Waals surface area contributed by atoms with E-state index in [1.165, 1.54) is 6.42 Å². The highest BCUT2D eigenvalue weighted by Crippen LogP contribution is 2.06. The van der Waals surface area contributed by atoms with Gasteiger partial charge in [-0.2, -0.15) is 0 Å². The van der Waals surface area contributed by atoms with Gasteiger partial charge in [0.15, 0.2) is 0 Å². The van der Waals surface area contributed by atoms with Gasteiger partial charge in [0.25, 0.3) is 0 Å². The Bertz CT molecular complexity index is 205. The highest BCUT2D eigenvalue weighted by atomic mass is 16.3. The zero-order chi connectivity index (χ0) is 11.8. The van der Waals surface area contributed by atoms with Crippen molar-refractivity contribution in [3.63, 3.8) is 0 Å². The maximum atomic E-state index is 11.4. The molecule has 1 heterocycles. The van der Waals surface area contributed by atoms with Crippen LogP contribution in [0.1, 0.15) is 19.8 Å². The minimum absolute atomic E-state index is 0.0361. The summed E-state index contributed by atoms with van der Waals surface area (Å²) in [6.45, 7) is 5.53. The summed E-state index contributed by atoms with van der Waals surface area (Å²) in [6, 6.07) is 0.473. The Morgan fingerprint density at radius 1 is 1.62 bits per heavy atom. The number of aliphatic hydroxyl groups is 1. The molecule has 3 N–H and O–H groups in total. The molecule has 0 aromatic heterocycles. The fourth-order valence-electron chi connectivity index (χ4n) is 2.06. The summed E-state index contributed by atoms with van der Waals surface area (Å²) in [4.78, 5) is 13.5. The number of hydrogen-bond acceptors (Lipinski definition) is 4. The number of hydrogen-bond donors (Lipinski definition) is 3. The molecule has 1 aliphatic rings. The third-order valence-corrected chi connectivity index (χ3v) is 2.80. The molecule has 1 unspecified atom stereocenters. The van der Waals surface area contributed by atoms with Crippen LogP contribution in [-0.2, 0) is 4.79 Å². The number of nitrogens with one attached hydrogen (secondary N) is 2. The van der Waals surface area contributed by atoms with E-state index in [2.05, 4.69) is 10.6 Å². The minimum Gasteiger partial charge on any atom is -0.395 e. The van der Waals surface area contributed by atoms with Crippen LogP contribution in [0, 0.1) is 0 Å². The second kappa shape index (κ2) is 7.60. The van der Waals surface area contributed by atoms with Crippen molar-refractivity contribution in [2.75, 3.05) is 39.3 Å². The number of carbonyl (C=O) groups excluding carboxylic acids is 1. The number of amides is 1. The zero-order valence-corrected chi connectivity index (χ0v) is 10.0. The molecule has 0 spiro atoms. The summed E-state index contributed by atoms with van der Waals surface area (Å²) >= 11 is 0. The fraction of sp³-hybridized carbons (Fsp3) is 0.909. The van der Waals surface area contributed by atoms with E-state index in [0.29, 0.717) is 25.7 Å². The molecule has 0 bridgehead atoms. The topological polar surface area (TPSA) is 64.6 Å². The van der Waals surface area contributed by atoms with E-state index in [9.17, 15) is 4.79 Å². The van der Waals surface area contributed by atoms with Crippen LogP contribution in [-0.4, -0.2) is 61.3 Å². The molecule has 94 valence electrons. The Hall–Kier alpha value is -0.650. The van der Waals surface area contributed by atoms with Gasteiger partial charge in [0, 0.05) is 25.7 Å². The van der Waals surface area contributed by atoms with Crippen molar-refractivity contribution in [1.82, 2.24) is 15.5 Å². The smallest absolute Gasteiger partial charge is 0.234 e. The summed E-state index contributed by atoms with van der Waals surface area (Å²) in [5.74, 6) is 0.0361. The van der Waals surface area contributed by atoms with Crippen LogP contribution < -0.4 is 10.6 Å². The molecular formula is C11H23N3O2. The summed E-state index contributed by atoms with van der Waals surface area (Å²) in [5.41, 5.74) is 0. The molecule has 1 fully saturated rings. The maximum absolute atomic E-state index is 11.4. The fourth-order valence-corrected chi connectivity index (χ4v) is 2.06. The van der Waals surface area contributed by atoms with Gasteiger partial charge < -0.3 is 15.7 Å². The molecule has 0 aromatic rings. The summed E-state index contributed by atoms with van der Waals surface area (Å²) in [6.07, 6.45) is 2.37. The standard InChI is InChI=1S/C11H23N3O2/c1-2-12-11(16)9-14(6-7-15)8-10-4-3-5-13-10/h10,13,15H,2-9H2,1H3,(H,12,16). The van der Waals surface area contributed by atoms with Crippen LogP contribution in [0.5, 0.6) is 0 Å². The highest BCUT2D eigenvalue weighted by molar-refractivity contribution is 5.77. The third-order valence-electron chi connectivity index (χ3n) is 2.80. The van der Waals surface area contributed by atoms with Crippen LogP contribution in [0.25, 0.3) is 0 Å². The van der Waals surface area contributed by atoms with Crippen molar-refractivity contribution in [1.29, 1.82) is 0 Å². The molecule has 5 heteroatoms. The number of carbonyl (C=O) groups is 1. The van der Waals surface area contributed by atoms with Crippen molar-refractivity contribution in [3.8, 4) is 0 Å². The molecule has 16 heavy (non-hydrogen) atoms. The van der Waals surface area contributed by atoms with Crippen molar-refractivity contribution in [2.24, 2.45) is 0 Å². The van der Waals surface area contributed by atoms with Crippen LogP contribution in [0.3, 0.4) is 0 Å². The lowest BCUT2D eigenvalue weighted by Crippen LogP contribution is -2.44. The average Bonchev–Trinajstić information content (AvgIpc) is 2.71. The first-order chi connectivity index (χ1) is 7.76. The van der Waals surface area contributed by atoms with Crippen LogP contribution >= 0.6 is 0 Å². The lowest BCUT2D eigenvalue weighted by atomic mass is 10.2. The molecule has 0 radical (unpaired) electrons. The second-order valence-electron chi connectivity index (χ2n) is 4.21. The molecule has 1 rings (SSSR count). The van der Waals surface area contributed by atoms with Gasteiger partial charge in [0.1, 0.15) is 0 Å². The van der Waals surface area contributed by atoms with Crippen molar-refractivity contribution in [3.05, 3.63) is 0 Å². The normalized spacial score (nSPS) is 20.3. The zero-order valence-electron chi connectivity index (χ0n) is 10.0. The Kier molecular flexibility index (Phi) is 6.37. The third kappa shape index (κ3) is 4.92. The maximum Gasteiger partial charge on any atom is 0.234 e. The van der Waals surface area contributed by atoms with Gasteiger partial charge in [-0.15, -0.1) is 0 Å². The van der Waals surface area contributed by atoms with Crippen molar-refractivity contribution >= 4 is 5.91 Å². The second-order valence-corrected chi connectivity index (χ2v) is 4.21. The van der Waals surface area contributed by atoms with Gasteiger partial charge in [-0.05, 0) is 26.3 Å². The van der Waals surface area contributed by atoms with E-state index in [0.717, 1.165) is 19.5 Å². The average molecular weight is 229 g/mol. The predicted octanol–water partition coefficient (Wildman–Crippen LogP) is -0.831. The number of aliphatic hydroxyl groups excluding tert-OH is 1. The van der Waals surface area contributed by atoms with Gasteiger partial charge in [-0.3, -0.25) is 9.69 Å². The molecule has 1 saturated heterocycles. The summed E-state index contributed by atoms with van der Waals surface area (Å²) in [7, 11) is 0. The van der Waals surface area contributed by atoms with Crippen LogP contribution in [0.2, 0.25) is 0 Å². The first kappa shape index (κ1) is 13.4. The van der Waals surface area contributed by atoms with Crippen LogP contribution in [0.4, 0.5) is 0 Å². The molecule has 0 aromatic carbocycles. The van der Waals surface area contributed by atoms with E-state index < -0.39 is 0 Å². The van der Waals surface area contributed by atoms with Gasteiger partial charge >= 0.3 is 0 Å². The number of likely N-dealkylation sites (N-methyl/N-ethyl adjacent to an activating group) is 1. The number of rotatable bonds is 7. The SMILES string of the molecule is CCNC(=O)CN(CCO)CC1CCCN1. The first-order valence-corrected chi connectivity index (χ1v) is 6.09. The van der Waals surface area contributed by atoms with Crippen LogP contribution in [0.15, 0.2) is 0 Å². The number of nitrogens with zero attached hydrogens (tertiary/aromatic N) is 1. The molecule has 5 nitrogen and oxygen atoms in total. The van der Waals surface area contributed by atoms with Crippen molar-refractivity contribution in [2.45, 2.75) is 25.8 Å². The first-order valence-electron chi connectivity index (χ1n) is 6.09. The van der Waals surface area contributed by atoms with E-state index in [1.807, 2.05) is 11.8 Å². The lowest BCUT2D eigenvalue weighted by molar-refractivity contribution is -0.122. The lowest BCUT2D eigenvalue weighted by Gasteiger charge is -2.24. The Morgan fingerprint density at radius 2 is 2.44 bits per heavy atom. The molecule has 1 amide bonds. The molecule has 0 saturated carbocycles. The van der Waals surface area contributed by atoms with E-state index >= 15 is 0 Å². The van der Waals surface area contributed by atoms with Gasteiger partial charge in [-0.25, -0.2) is 0 Å². The van der Waals surface area contributed by atoms with E-state index in [1.54, 1.807) is 0 Å². The molecule has 1 aliphatic heterocycles. The predicted molar refractivity (Wildman–Crippen MR) is 63.2 cm³/mol. The Balaban J connectivity index is 2.30. The summed E-state index contributed by atoms with van der Waals surface area (Å²) in [5, 5.41) is 15.1. The quantitative estimate of drug-likeness (QED) is 0.533. The molecular weight excluding hydrogens is 206 g/mol. The largest absolute Gasteiger partial charge is 0.395 e. The molecule has 1 atom stereocenters. The Morgan fingerprint density at radius 3 is 3.00 bits per heavy atom.